The monoisotopic (exact) mass is 354 g/mol. The number of nitrogens with one attached hydrogen (secondary N) is 1. The number of hydrogen-bond acceptors (Lipinski definition) is 4. The predicted molar refractivity (Wildman–Crippen MR) is 97.4 cm³/mol. The average Bonchev–Trinajstić information content (AvgIpc) is 2.64. The quantitative estimate of drug-likeness (QED) is 0.719. The van der Waals surface area contributed by atoms with Crippen molar-refractivity contribution in [1.82, 2.24) is 4.98 Å². The summed E-state index contributed by atoms with van der Waals surface area (Å²) in [4.78, 5) is 4.38. The molecule has 3 rings (SSSR count). The Morgan fingerprint density at radius 3 is 2.36 bits per heavy atom. The lowest BCUT2D eigenvalue weighted by Gasteiger charge is -2.10. The Hall–Kier alpha value is -2.86. The molecule has 0 aliphatic carbocycles. The van der Waals surface area contributed by atoms with E-state index in [0.29, 0.717) is 11.6 Å². The van der Waals surface area contributed by atoms with Crippen LogP contribution < -0.4 is 9.46 Å². The van der Waals surface area contributed by atoms with Crippen LogP contribution in [0.15, 0.2) is 77.8 Å². The van der Waals surface area contributed by atoms with Crippen LogP contribution in [0.3, 0.4) is 0 Å². The number of aryl methyl sites for hydroxylation is 1. The number of rotatable bonds is 6. The lowest BCUT2D eigenvalue weighted by atomic mass is 10.1. The van der Waals surface area contributed by atoms with Gasteiger partial charge in [-0.3, -0.25) is 4.72 Å². The Bertz CT molecular complexity index is 940. The normalized spacial score (nSPS) is 11.1. The molecule has 25 heavy (non-hydrogen) atoms. The number of ether oxygens (including phenoxy) is 1. The second-order valence-corrected chi connectivity index (χ2v) is 7.05. The number of benzene rings is 2. The van der Waals surface area contributed by atoms with Crippen molar-refractivity contribution in [3.63, 3.8) is 0 Å². The van der Waals surface area contributed by atoms with Gasteiger partial charge >= 0.3 is 0 Å². The van der Waals surface area contributed by atoms with E-state index in [0.717, 1.165) is 17.7 Å². The number of aromatic nitrogens is 1. The van der Waals surface area contributed by atoms with E-state index in [4.69, 9.17) is 4.74 Å². The second-order valence-electron chi connectivity index (χ2n) is 5.37. The van der Waals surface area contributed by atoms with E-state index in [1.54, 1.807) is 30.3 Å². The van der Waals surface area contributed by atoms with Crippen LogP contribution in [0.25, 0.3) is 0 Å². The van der Waals surface area contributed by atoms with Crippen LogP contribution in [-0.2, 0) is 16.4 Å². The average molecular weight is 354 g/mol. The van der Waals surface area contributed by atoms with Crippen LogP contribution in [0.1, 0.15) is 12.5 Å². The van der Waals surface area contributed by atoms with Gasteiger partial charge in [-0.05, 0) is 36.2 Å². The van der Waals surface area contributed by atoms with E-state index in [9.17, 15) is 8.42 Å². The standard InChI is InChI=1S/C19H18N2O3S/c1-2-15-8-6-7-11-18(15)24-19-13-12-16(14-20-19)21-25(22,23)17-9-4-3-5-10-17/h3-14,21H,2H2,1H3. The van der Waals surface area contributed by atoms with E-state index < -0.39 is 10.0 Å². The van der Waals surface area contributed by atoms with Crippen molar-refractivity contribution < 1.29 is 13.2 Å². The summed E-state index contributed by atoms with van der Waals surface area (Å²) >= 11 is 0. The lowest BCUT2D eigenvalue weighted by Crippen LogP contribution is -2.12. The van der Waals surface area contributed by atoms with Gasteiger partial charge < -0.3 is 4.74 Å². The molecule has 0 bridgehead atoms. The molecule has 1 heterocycles. The van der Waals surface area contributed by atoms with E-state index in [1.807, 2.05) is 24.3 Å². The molecule has 0 amide bonds. The van der Waals surface area contributed by atoms with Gasteiger partial charge in [0.2, 0.25) is 5.88 Å². The number of para-hydroxylation sites is 1. The summed E-state index contributed by atoms with van der Waals surface area (Å²) in [5.41, 5.74) is 1.46. The Morgan fingerprint density at radius 1 is 0.960 bits per heavy atom. The molecule has 0 saturated carbocycles. The maximum atomic E-state index is 12.3. The van der Waals surface area contributed by atoms with Crippen molar-refractivity contribution in [3.8, 4) is 11.6 Å². The van der Waals surface area contributed by atoms with Crippen molar-refractivity contribution in [3.05, 3.63) is 78.5 Å². The summed E-state index contributed by atoms with van der Waals surface area (Å²) in [6.07, 6.45) is 2.29. The zero-order valence-electron chi connectivity index (χ0n) is 13.7. The Kier molecular flexibility index (Phi) is 5.00. The van der Waals surface area contributed by atoms with Crippen molar-refractivity contribution in [2.45, 2.75) is 18.2 Å². The Morgan fingerprint density at radius 2 is 1.68 bits per heavy atom. The first-order valence-electron chi connectivity index (χ1n) is 7.88. The second kappa shape index (κ2) is 7.36. The van der Waals surface area contributed by atoms with E-state index >= 15 is 0 Å². The molecule has 0 saturated heterocycles. The lowest BCUT2D eigenvalue weighted by molar-refractivity contribution is 0.458. The van der Waals surface area contributed by atoms with Crippen LogP contribution in [-0.4, -0.2) is 13.4 Å². The highest BCUT2D eigenvalue weighted by molar-refractivity contribution is 7.92. The fourth-order valence-electron chi connectivity index (χ4n) is 2.32. The molecule has 0 fully saturated rings. The first-order valence-corrected chi connectivity index (χ1v) is 9.36. The minimum absolute atomic E-state index is 0.201. The first-order chi connectivity index (χ1) is 12.1. The molecule has 1 N–H and O–H groups in total. The number of nitrogens with zero attached hydrogens (tertiary/aromatic N) is 1. The zero-order valence-corrected chi connectivity index (χ0v) is 14.5. The first kappa shape index (κ1) is 17.0. The molecule has 1 aromatic heterocycles. The van der Waals surface area contributed by atoms with Gasteiger partial charge in [0.05, 0.1) is 16.8 Å². The summed E-state index contributed by atoms with van der Waals surface area (Å²) in [5.74, 6) is 1.15. The predicted octanol–water partition coefficient (Wildman–Crippen LogP) is 4.24. The minimum Gasteiger partial charge on any atom is -0.439 e. The molecule has 5 nitrogen and oxygen atoms in total. The molecular formula is C19H18N2O3S. The maximum Gasteiger partial charge on any atom is 0.261 e. The summed E-state index contributed by atoms with van der Waals surface area (Å²) in [6.45, 7) is 2.05. The summed E-state index contributed by atoms with van der Waals surface area (Å²) in [6, 6.07) is 19.2. The van der Waals surface area contributed by atoms with Gasteiger partial charge in [-0.15, -0.1) is 0 Å². The third-order valence-corrected chi connectivity index (χ3v) is 5.01. The topological polar surface area (TPSA) is 68.3 Å². The molecule has 2 aromatic carbocycles. The fraction of sp³-hybridized carbons (Fsp3) is 0.105. The molecule has 0 unspecified atom stereocenters. The molecule has 0 radical (unpaired) electrons. The van der Waals surface area contributed by atoms with Crippen LogP contribution in [0.2, 0.25) is 0 Å². The van der Waals surface area contributed by atoms with Gasteiger partial charge in [-0.2, -0.15) is 0 Å². The number of hydrogen-bond donors (Lipinski definition) is 1. The summed E-state index contributed by atoms with van der Waals surface area (Å²) < 4.78 is 32.9. The molecule has 128 valence electrons. The largest absolute Gasteiger partial charge is 0.439 e. The van der Waals surface area contributed by atoms with E-state index in [-0.39, 0.29) is 4.90 Å². The van der Waals surface area contributed by atoms with Crippen molar-refractivity contribution >= 4 is 15.7 Å². The number of pyridine rings is 1. The molecule has 6 heteroatoms. The Balaban J connectivity index is 1.74. The van der Waals surface area contributed by atoms with Gasteiger partial charge in [0.15, 0.2) is 0 Å². The maximum absolute atomic E-state index is 12.3. The highest BCUT2D eigenvalue weighted by Gasteiger charge is 2.13. The van der Waals surface area contributed by atoms with Crippen LogP contribution in [0, 0.1) is 0 Å². The molecule has 0 aliphatic heterocycles. The molecule has 0 atom stereocenters. The number of sulfonamides is 1. The SMILES string of the molecule is CCc1ccccc1Oc1ccc(NS(=O)(=O)c2ccccc2)cn1. The van der Waals surface area contributed by atoms with Gasteiger partial charge in [-0.1, -0.05) is 43.3 Å². The van der Waals surface area contributed by atoms with Crippen LogP contribution in [0.5, 0.6) is 11.6 Å². The van der Waals surface area contributed by atoms with E-state index in [2.05, 4.69) is 16.6 Å². The smallest absolute Gasteiger partial charge is 0.261 e. The third kappa shape index (κ3) is 4.16. The molecular weight excluding hydrogens is 336 g/mol. The molecule has 0 spiro atoms. The van der Waals surface area contributed by atoms with Crippen LogP contribution >= 0.6 is 0 Å². The van der Waals surface area contributed by atoms with Gasteiger partial charge in [0, 0.05) is 6.07 Å². The van der Waals surface area contributed by atoms with Crippen molar-refractivity contribution in [1.29, 1.82) is 0 Å². The number of anilines is 1. The van der Waals surface area contributed by atoms with Gasteiger partial charge in [0.1, 0.15) is 5.75 Å². The van der Waals surface area contributed by atoms with E-state index in [1.165, 1.54) is 18.3 Å². The Labute approximate surface area is 147 Å². The van der Waals surface area contributed by atoms with Crippen molar-refractivity contribution in [2.24, 2.45) is 0 Å². The summed E-state index contributed by atoms with van der Waals surface area (Å²) in [5, 5.41) is 0. The molecule has 3 aromatic rings. The minimum atomic E-state index is -3.63. The van der Waals surface area contributed by atoms with Gasteiger partial charge in [0.25, 0.3) is 10.0 Å². The van der Waals surface area contributed by atoms with Gasteiger partial charge in [-0.25, -0.2) is 13.4 Å². The van der Waals surface area contributed by atoms with Crippen molar-refractivity contribution in [2.75, 3.05) is 4.72 Å². The zero-order chi connectivity index (χ0) is 17.7. The highest BCUT2D eigenvalue weighted by Crippen LogP contribution is 2.25. The summed E-state index contributed by atoms with van der Waals surface area (Å²) in [7, 11) is -3.63. The highest BCUT2D eigenvalue weighted by atomic mass is 32.2. The third-order valence-electron chi connectivity index (χ3n) is 3.61. The fourth-order valence-corrected chi connectivity index (χ4v) is 3.39. The van der Waals surface area contributed by atoms with Crippen LogP contribution in [0.4, 0.5) is 5.69 Å². The molecule has 0 aliphatic rings.